The number of carbonyl (C=O) groups excluding carboxylic acids is 1. The van der Waals surface area contributed by atoms with Gasteiger partial charge in [-0.2, -0.15) is 0 Å². The molecule has 1 aromatic carbocycles. The molecule has 0 saturated carbocycles. The van der Waals surface area contributed by atoms with Crippen molar-refractivity contribution < 1.29 is 9.90 Å². The Morgan fingerprint density at radius 1 is 1.20 bits per heavy atom. The van der Waals surface area contributed by atoms with Gasteiger partial charge in [0.05, 0.1) is 0 Å². The maximum absolute atomic E-state index is 11.8. The molecule has 20 heavy (non-hydrogen) atoms. The van der Waals surface area contributed by atoms with E-state index >= 15 is 0 Å². The van der Waals surface area contributed by atoms with Gasteiger partial charge >= 0.3 is 0 Å². The molecule has 112 valence electrons. The third-order valence-electron chi connectivity index (χ3n) is 3.49. The van der Waals surface area contributed by atoms with Gasteiger partial charge in [0.2, 0.25) is 5.91 Å². The lowest BCUT2D eigenvalue weighted by Crippen LogP contribution is -2.34. The zero-order chi connectivity index (χ0) is 14.8. The molecule has 0 unspecified atom stereocenters. The minimum Gasteiger partial charge on any atom is -0.396 e. The van der Waals surface area contributed by atoms with Gasteiger partial charge in [-0.1, -0.05) is 44.2 Å². The van der Waals surface area contributed by atoms with E-state index < -0.39 is 0 Å². The Bertz CT molecular complexity index is 387. The Morgan fingerprint density at radius 3 is 2.55 bits per heavy atom. The highest BCUT2D eigenvalue weighted by Gasteiger charge is 2.17. The van der Waals surface area contributed by atoms with Crippen LogP contribution in [0.4, 0.5) is 0 Å². The first kappa shape index (κ1) is 16.7. The van der Waals surface area contributed by atoms with Gasteiger partial charge in [0.15, 0.2) is 0 Å². The van der Waals surface area contributed by atoms with Gasteiger partial charge in [-0.3, -0.25) is 4.79 Å². The second-order valence-electron chi connectivity index (χ2n) is 6.11. The van der Waals surface area contributed by atoms with E-state index in [4.69, 9.17) is 5.11 Å². The number of aliphatic hydroxyl groups excluding tert-OH is 1. The maximum atomic E-state index is 11.8. The molecule has 2 N–H and O–H groups in total. The molecular weight excluding hydrogens is 250 g/mol. The number of hydrogen-bond acceptors (Lipinski definition) is 2. The number of nitrogens with one attached hydrogen (secondary N) is 1. The molecule has 0 bridgehead atoms. The Hall–Kier alpha value is -1.35. The highest BCUT2D eigenvalue weighted by molar-refractivity contribution is 5.75. The molecule has 0 fully saturated rings. The molecule has 0 aliphatic carbocycles. The van der Waals surface area contributed by atoms with Crippen LogP contribution in [0, 0.1) is 5.41 Å². The second kappa shape index (κ2) is 8.75. The van der Waals surface area contributed by atoms with E-state index in [0.29, 0.717) is 13.0 Å². The fourth-order valence-corrected chi connectivity index (χ4v) is 2.17. The van der Waals surface area contributed by atoms with Crippen molar-refractivity contribution in [1.29, 1.82) is 0 Å². The number of carbonyl (C=O) groups is 1. The van der Waals surface area contributed by atoms with Crippen LogP contribution in [0.1, 0.15) is 45.1 Å². The normalized spacial score (nSPS) is 11.3. The highest BCUT2D eigenvalue weighted by atomic mass is 16.2. The molecule has 0 spiro atoms. The van der Waals surface area contributed by atoms with Crippen molar-refractivity contribution in [3.63, 3.8) is 0 Å². The van der Waals surface area contributed by atoms with Crippen LogP contribution < -0.4 is 5.32 Å². The Balaban J connectivity index is 2.17. The number of aryl methyl sites for hydroxylation is 1. The lowest BCUT2D eigenvalue weighted by Gasteiger charge is -2.24. The quantitative estimate of drug-likeness (QED) is 0.729. The van der Waals surface area contributed by atoms with Gasteiger partial charge in [0, 0.05) is 19.6 Å². The SMILES string of the molecule is CC(C)(CCCO)CNC(=O)CCCc1ccccc1. The van der Waals surface area contributed by atoms with Crippen LogP contribution in [0.15, 0.2) is 30.3 Å². The third kappa shape index (κ3) is 7.29. The average molecular weight is 277 g/mol. The number of rotatable bonds is 9. The van der Waals surface area contributed by atoms with Crippen LogP contribution in [-0.2, 0) is 11.2 Å². The molecule has 0 heterocycles. The van der Waals surface area contributed by atoms with E-state index in [1.807, 2.05) is 18.2 Å². The summed E-state index contributed by atoms with van der Waals surface area (Å²) >= 11 is 0. The number of benzene rings is 1. The average Bonchev–Trinajstić information content (AvgIpc) is 2.44. The van der Waals surface area contributed by atoms with E-state index in [0.717, 1.165) is 25.7 Å². The molecule has 1 rings (SSSR count). The molecule has 3 heteroatoms. The number of hydrogen-bond donors (Lipinski definition) is 2. The monoisotopic (exact) mass is 277 g/mol. The Morgan fingerprint density at radius 2 is 1.90 bits per heavy atom. The third-order valence-corrected chi connectivity index (χ3v) is 3.49. The smallest absolute Gasteiger partial charge is 0.220 e. The van der Waals surface area contributed by atoms with Crippen LogP contribution in [0.25, 0.3) is 0 Å². The van der Waals surface area contributed by atoms with Crippen molar-refractivity contribution in [2.24, 2.45) is 5.41 Å². The summed E-state index contributed by atoms with van der Waals surface area (Å²) in [5.74, 6) is 0.123. The number of amides is 1. The minimum atomic E-state index is 0.0534. The van der Waals surface area contributed by atoms with Crippen LogP contribution >= 0.6 is 0 Å². The van der Waals surface area contributed by atoms with Crippen LogP contribution in [-0.4, -0.2) is 24.2 Å². The molecule has 0 aromatic heterocycles. The van der Waals surface area contributed by atoms with E-state index in [-0.39, 0.29) is 17.9 Å². The molecule has 1 aromatic rings. The highest BCUT2D eigenvalue weighted by Crippen LogP contribution is 2.20. The van der Waals surface area contributed by atoms with Gasteiger partial charge in [-0.05, 0) is 36.7 Å². The maximum Gasteiger partial charge on any atom is 0.220 e. The molecule has 3 nitrogen and oxygen atoms in total. The van der Waals surface area contributed by atoms with Crippen molar-refractivity contribution in [3.05, 3.63) is 35.9 Å². The zero-order valence-corrected chi connectivity index (χ0v) is 12.7. The number of aliphatic hydroxyl groups is 1. The van der Waals surface area contributed by atoms with Gasteiger partial charge < -0.3 is 10.4 Å². The summed E-state index contributed by atoms with van der Waals surface area (Å²) in [5, 5.41) is 11.8. The summed E-state index contributed by atoms with van der Waals surface area (Å²) < 4.78 is 0. The largest absolute Gasteiger partial charge is 0.396 e. The second-order valence-corrected chi connectivity index (χ2v) is 6.11. The molecular formula is C17H27NO2. The Kier molecular flexibility index (Phi) is 7.31. The Labute approximate surface area is 122 Å². The first-order chi connectivity index (χ1) is 9.53. The first-order valence-corrected chi connectivity index (χ1v) is 7.45. The van der Waals surface area contributed by atoms with Crippen molar-refractivity contribution in [2.75, 3.05) is 13.2 Å². The predicted molar refractivity (Wildman–Crippen MR) is 82.5 cm³/mol. The summed E-state index contributed by atoms with van der Waals surface area (Å²) in [4.78, 5) is 11.8. The van der Waals surface area contributed by atoms with E-state index in [9.17, 15) is 4.79 Å². The zero-order valence-electron chi connectivity index (χ0n) is 12.7. The van der Waals surface area contributed by atoms with Gasteiger partial charge in [-0.25, -0.2) is 0 Å². The van der Waals surface area contributed by atoms with Crippen LogP contribution in [0.3, 0.4) is 0 Å². The predicted octanol–water partition coefficient (Wildman–Crippen LogP) is 2.92. The summed E-state index contributed by atoms with van der Waals surface area (Å²) in [6.07, 6.45) is 4.12. The van der Waals surface area contributed by atoms with E-state index in [1.54, 1.807) is 0 Å². The standard InChI is InChI=1S/C17H27NO2/c1-17(2,12-7-13-19)14-18-16(20)11-6-10-15-8-4-3-5-9-15/h3-5,8-9,19H,6-7,10-14H2,1-2H3,(H,18,20). The van der Waals surface area contributed by atoms with Crippen LogP contribution in [0.5, 0.6) is 0 Å². The van der Waals surface area contributed by atoms with Gasteiger partial charge in [-0.15, -0.1) is 0 Å². The van der Waals surface area contributed by atoms with Gasteiger partial charge in [0.25, 0.3) is 0 Å². The fraction of sp³-hybridized carbons (Fsp3) is 0.588. The fourth-order valence-electron chi connectivity index (χ4n) is 2.17. The van der Waals surface area contributed by atoms with E-state index in [1.165, 1.54) is 5.56 Å². The summed E-state index contributed by atoms with van der Waals surface area (Å²) in [5.41, 5.74) is 1.33. The topological polar surface area (TPSA) is 49.3 Å². The molecule has 1 amide bonds. The van der Waals surface area contributed by atoms with Crippen molar-refractivity contribution >= 4 is 5.91 Å². The van der Waals surface area contributed by atoms with Crippen molar-refractivity contribution in [1.82, 2.24) is 5.32 Å². The molecule has 0 aliphatic heterocycles. The summed E-state index contributed by atoms with van der Waals surface area (Å²) in [7, 11) is 0. The summed E-state index contributed by atoms with van der Waals surface area (Å²) in [6.45, 7) is 5.13. The van der Waals surface area contributed by atoms with Crippen LogP contribution in [0.2, 0.25) is 0 Å². The molecule has 0 atom stereocenters. The van der Waals surface area contributed by atoms with E-state index in [2.05, 4.69) is 31.3 Å². The van der Waals surface area contributed by atoms with Crippen molar-refractivity contribution in [3.8, 4) is 0 Å². The first-order valence-electron chi connectivity index (χ1n) is 7.45. The molecule has 0 saturated heterocycles. The molecule has 0 radical (unpaired) electrons. The lowest BCUT2D eigenvalue weighted by molar-refractivity contribution is -0.121. The van der Waals surface area contributed by atoms with Crippen molar-refractivity contribution in [2.45, 2.75) is 46.0 Å². The minimum absolute atomic E-state index is 0.0534. The summed E-state index contributed by atoms with van der Waals surface area (Å²) in [6, 6.07) is 10.2. The molecule has 0 aliphatic rings. The van der Waals surface area contributed by atoms with Gasteiger partial charge in [0.1, 0.15) is 0 Å². The lowest BCUT2D eigenvalue weighted by atomic mass is 9.88.